The molecule has 0 aliphatic carbocycles. The van der Waals surface area contributed by atoms with E-state index >= 15 is 0 Å². The van der Waals surface area contributed by atoms with Crippen LogP contribution in [-0.2, 0) is 0 Å². The fourth-order valence-corrected chi connectivity index (χ4v) is 4.16. The van der Waals surface area contributed by atoms with Crippen molar-refractivity contribution in [3.63, 3.8) is 0 Å². The predicted octanol–water partition coefficient (Wildman–Crippen LogP) is 4.27. The van der Waals surface area contributed by atoms with E-state index in [1.165, 1.54) is 11.0 Å². The molecule has 2 aromatic heterocycles. The Balaban J connectivity index is 1.40. The maximum Gasteiger partial charge on any atom is 0.416 e. The van der Waals surface area contributed by atoms with Gasteiger partial charge in [-0.3, -0.25) is 5.10 Å². The summed E-state index contributed by atoms with van der Waals surface area (Å²) in [5.74, 6) is -0.762. The highest BCUT2D eigenvalue weighted by Gasteiger charge is 2.42. The molecular weight excluding hydrogens is 443 g/mol. The number of nitrogens with one attached hydrogen (secondary N) is 1. The van der Waals surface area contributed by atoms with Gasteiger partial charge < -0.3 is 19.3 Å². The van der Waals surface area contributed by atoms with Crippen molar-refractivity contribution in [2.45, 2.75) is 45.7 Å². The average Bonchev–Trinajstić information content (AvgIpc) is 3.16. The van der Waals surface area contributed by atoms with Gasteiger partial charge in [-0.2, -0.15) is 18.2 Å². The van der Waals surface area contributed by atoms with Gasteiger partial charge >= 0.3 is 18.4 Å². The predicted molar refractivity (Wildman–Crippen MR) is 111 cm³/mol. The van der Waals surface area contributed by atoms with Gasteiger partial charge in [0.15, 0.2) is 5.65 Å². The topological polar surface area (TPSA) is 101 Å². The van der Waals surface area contributed by atoms with E-state index in [-0.39, 0.29) is 43.3 Å². The van der Waals surface area contributed by atoms with Crippen LogP contribution < -0.4 is 9.47 Å². The highest BCUT2D eigenvalue weighted by atomic mass is 19.4. The number of likely N-dealkylation sites (tertiary alicyclic amines) is 2. The van der Waals surface area contributed by atoms with Crippen molar-refractivity contribution in [3.8, 4) is 11.8 Å². The van der Waals surface area contributed by atoms with Crippen molar-refractivity contribution in [2.24, 2.45) is 11.8 Å². The van der Waals surface area contributed by atoms with Crippen LogP contribution in [-0.4, -0.2) is 69.5 Å². The summed E-state index contributed by atoms with van der Waals surface area (Å²) < 4.78 is 49.2. The van der Waals surface area contributed by atoms with Crippen molar-refractivity contribution < 1.29 is 32.2 Å². The smallest absolute Gasteiger partial charge is 0.391 e. The van der Waals surface area contributed by atoms with Crippen LogP contribution in [0.15, 0.2) is 6.07 Å². The van der Waals surface area contributed by atoms with Crippen LogP contribution in [0.2, 0.25) is 0 Å². The Morgan fingerprint density at radius 3 is 2.21 bits per heavy atom. The van der Waals surface area contributed by atoms with E-state index in [9.17, 15) is 22.8 Å². The lowest BCUT2D eigenvalue weighted by atomic mass is 9.97. The third-order valence-corrected chi connectivity index (χ3v) is 6.30. The molecule has 0 bridgehead atoms. The number of hydrogen-bond donors (Lipinski definition) is 1. The number of rotatable bonds is 2. The second-order valence-corrected chi connectivity index (χ2v) is 8.74. The minimum atomic E-state index is -4.26. The molecule has 2 aliphatic heterocycles. The lowest BCUT2D eigenvalue weighted by Crippen LogP contribution is -2.43. The SMILES string of the molecule is Cc1cc(OC(=O)N2CCC(C(F)(F)F)CC2)nc2[nH]nc(OC(=O)N3CCC(C)CC3)c12. The first kappa shape index (κ1) is 23.1. The van der Waals surface area contributed by atoms with E-state index in [2.05, 4.69) is 22.1 Å². The number of amides is 2. The third-order valence-electron chi connectivity index (χ3n) is 6.30. The summed E-state index contributed by atoms with van der Waals surface area (Å²) in [6.07, 6.45) is -3.97. The number of alkyl halides is 3. The Labute approximate surface area is 188 Å². The van der Waals surface area contributed by atoms with Crippen LogP contribution >= 0.6 is 0 Å². The van der Waals surface area contributed by atoms with Crippen molar-refractivity contribution in [1.82, 2.24) is 25.0 Å². The molecule has 4 heterocycles. The maximum atomic E-state index is 12.8. The van der Waals surface area contributed by atoms with Gasteiger partial charge in [-0.25, -0.2) is 9.59 Å². The van der Waals surface area contributed by atoms with Crippen molar-refractivity contribution in [1.29, 1.82) is 0 Å². The molecule has 0 spiro atoms. The maximum absolute atomic E-state index is 12.8. The molecule has 180 valence electrons. The Kier molecular flexibility index (Phi) is 6.35. The fraction of sp³-hybridized carbons (Fsp3) is 0.619. The molecule has 0 radical (unpaired) electrons. The lowest BCUT2D eigenvalue weighted by Gasteiger charge is -2.32. The quantitative estimate of drug-likeness (QED) is 0.705. The van der Waals surface area contributed by atoms with E-state index in [0.29, 0.717) is 30.0 Å². The molecule has 0 aromatic carbocycles. The van der Waals surface area contributed by atoms with Crippen LogP contribution in [0.25, 0.3) is 11.0 Å². The molecule has 33 heavy (non-hydrogen) atoms. The number of ether oxygens (including phenoxy) is 2. The monoisotopic (exact) mass is 469 g/mol. The van der Waals surface area contributed by atoms with Crippen LogP contribution in [0.4, 0.5) is 22.8 Å². The molecule has 1 N–H and O–H groups in total. The Morgan fingerprint density at radius 2 is 1.61 bits per heavy atom. The number of carbonyl (C=O) groups excluding carboxylic acids is 2. The first-order valence-corrected chi connectivity index (χ1v) is 11.0. The van der Waals surface area contributed by atoms with Crippen LogP contribution in [0, 0.1) is 18.8 Å². The van der Waals surface area contributed by atoms with Gasteiger partial charge in [0.05, 0.1) is 11.3 Å². The number of aromatic nitrogens is 3. The molecule has 9 nitrogen and oxygen atoms in total. The average molecular weight is 469 g/mol. The zero-order valence-electron chi connectivity index (χ0n) is 18.4. The molecule has 2 saturated heterocycles. The summed E-state index contributed by atoms with van der Waals surface area (Å²) in [7, 11) is 0. The van der Waals surface area contributed by atoms with E-state index in [1.54, 1.807) is 11.8 Å². The van der Waals surface area contributed by atoms with Gasteiger partial charge in [0, 0.05) is 32.2 Å². The van der Waals surface area contributed by atoms with Gasteiger partial charge in [0.25, 0.3) is 5.88 Å². The van der Waals surface area contributed by atoms with Crippen LogP contribution in [0.3, 0.4) is 0 Å². The van der Waals surface area contributed by atoms with Crippen LogP contribution in [0.1, 0.15) is 38.2 Å². The first-order chi connectivity index (χ1) is 15.6. The summed E-state index contributed by atoms with van der Waals surface area (Å²) in [5.41, 5.74) is 0.881. The molecule has 2 aliphatic rings. The van der Waals surface area contributed by atoms with Crippen LogP contribution in [0.5, 0.6) is 11.8 Å². The number of pyridine rings is 1. The van der Waals surface area contributed by atoms with Crippen molar-refractivity contribution >= 4 is 23.2 Å². The molecule has 0 saturated carbocycles. The minimum Gasteiger partial charge on any atom is -0.391 e. The minimum absolute atomic E-state index is 0.0190. The van der Waals surface area contributed by atoms with Gasteiger partial charge in [-0.15, -0.1) is 5.10 Å². The van der Waals surface area contributed by atoms with E-state index in [1.807, 2.05) is 0 Å². The second kappa shape index (κ2) is 9.06. The summed E-state index contributed by atoms with van der Waals surface area (Å²) in [6, 6.07) is 1.50. The largest absolute Gasteiger partial charge is 0.416 e. The molecule has 2 fully saturated rings. The standard InChI is InChI=1S/C21H26F3N5O4/c1-12-3-7-28(8-4-12)20(31)33-18-16-13(2)11-15(25-17(16)26-27-18)32-19(30)29-9-5-14(6-10-29)21(22,23)24/h11-12,14H,3-10H2,1-2H3,(H,25,26,27). The van der Waals surface area contributed by atoms with E-state index in [0.717, 1.165) is 12.8 Å². The van der Waals surface area contributed by atoms with Crippen molar-refractivity contribution in [3.05, 3.63) is 11.6 Å². The summed E-state index contributed by atoms with van der Waals surface area (Å²) in [4.78, 5) is 32.0. The number of aromatic amines is 1. The van der Waals surface area contributed by atoms with Gasteiger partial charge in [0.1, 0.15) is 0 Å². The number of piperidine rings is 2. The van der Waals surface area contributed by atoms with E-state index in [4.69, 9.17) is 9.47 Å². The number of hydrogen-bond acceptors (Lipinski definition) is 6. The van der Waals surface area contributed by atoms with Crippen molar-refractivity contribution in [2.75, 3.05) is 26.2 Å². The Bertz CT molecular complexity index is 1020. The first-order valence-electron chi connectivity index (χ1n) is 11.0. The fourth-order valence-electron chi connectivity index (χ4n) is 4.16. The van der Waals surface area contributed by atoms with Gasteiger partial charge in [-0.05, 0) is 44.1 Å². The number of aryl methyl sites for hydroxylation is 1. The summed E-state index contributed by atoms with van der Waals surface area (Å²) in [6.45, 7) is 5.05. The number of halogens is 3. The molecule has 4 rings (SSSR count). The van der Waals surface area contributed by atoms with E-state index < -0.39 is 24.3 Å². The van der Waals surface area contributed by atoms with Gasteiger partial charge in [0.2, 0.25) is 5.88 Å². The number of fused-ring (bicyclic) bond motifs is 1. The second-order valence-electron chi connectivity index (χ2n) is 8.74. The number of nitrogens with zero attached hydrogens (tertiary/aromatic N) is 4. The zero-order chi connectivity index (χ0) is 23.8. The Morgan fingerprint density at radius 1 is 1.03 bits per heavy atom. The zero-order valence-corrected chi connectivity index (χ0v) is 18.4. The highest BCUT2D eigenvalue weighted by molar-refractivity contribution is 5.87. The molecule has 12 heteroatoms. The van der Waals surface area contributed by atoms with Gasteiger partial charge in [-0.1, -0.05) is 6.92 Å². The molecular formula is C21H26F3N5O4. The molecule has 2 amide bonds. The molecule has 0 atom stereocenters. The Hall–Kier alpha value is -3.05. The highest BCUT2D eigenvalue weighted by Crippen LogP contribution is 2.34. The third kappa shape index (κ3) is 5.14. The molecule has 2 aromatic rings. The lowest BCUT2D eigenvalue weighted by molar-refractivity contribution is -0.183. The molecule has 0 unspecified atom stereocenters. The number of carbonyl (C=O) groups is 2. The summed E-state index contributed by atoms with van der Waals surface area (Å²) >= 11 is 0. The summed E-state index contributed by atoms with van der Waals surface area (Å²) in [5, 5.41) is 7.19. The number of H-pyrrole nitrogens is 1. The normalized spacial score (nSPS) is 18.6.